The summed E-state index contributed by atoms with van der Waals surface area (Å²) in [7, 11) is 1.30. The van der Waals surface area contributed by atoms with E-state index in [1.165, 1.54) is 25.3 Å². The molecule has 0 unspecified atom stereocenters. The zero-order valence-corrected chi connectivity index (χ0v) is 8.57. The van der Waals surface area contributed by atoms with Gasteiger partial charge in [0.15, 0.2) is 11.6 Å². The van der Waals surface area contributed by atoms with E-state index in [1.807, 2.05) is 0 Å². The quantitative estimate of drug-likeness (QED) is 0.812. The van der Waals surface area contributed by atoms with Crippen molar-refractivity contribution in [2.75, 3.05) is 13.7 Å². The Morgan fingerprint density at radius 3 is 2.56 bits per heavy atom. The van der Waals surface area contributed by atoms with Crippen molar-refractivity contribution in [3.63, 3.8) is 0 Å². The van der Waals surface area contributed by atoms with Gasteiger partial charge in [-0.1, -0.05) is 12.1 Å². The fourth-order valence-electron chi connectivity index (χ4n) is 1.19. The van der Waals surface area contributed by atoms with E-state index in [4.69, 9.17) is 4.74 Å². The average molecular weight is 237 g/mol. The predicted molar refractivity (Wildman–Crippen MR) is 50.7 cm³/mol. The van der Waals surface area contributed by atoms with Gasteiger partial charge >= 0.3 is 6.18 Å². The largest absolute Gasteiger partial charge is 0.494 e. The van der Waals surface area contributed by atoms with Crippen molar-refractivity contribution >= 4 is 0 Å². The Labute approximate surface area is 90.2 Å². The summed E-state index contributed by atoms with van der Waals surface area (Å²) >= 11 is 0. The Balaban J connectivity index is 2.61. The monoisotopic (exact) mass is 237 g/mol. The van der Waals surface area contributed by atoms with Gasteiger partial charge in [0.2, 0.25) is 0 Å². The summed E-state index contributed by atoms with van der Waals surface area (Å²) in [6, 6.07) is 4.33. The summed E-state index contributed by atoms with van der Waals surface area (Å²) in [5.74, 6) is -0.619. The molecule has 1 N–H and O–H groups in total. The topological polar surface area (TPSA) is 21.3 Å². The summed E-state index contributed by atoms with van der Waals surface area (Å²) in [6.45, 7) is -1.34. The lowest BCUT2D eigenvalue weighted by Crippen LogP contribution is -2.28. The number of alkyl halides is 3. The van der Waals surface area contributed by atoms with E-state index in [-0.39, 0.29) is 17.9 Å². The molecule has 16 heavy (non-hydrogen) atoms. The zero-order chi connectivity index (χ0) is 12.2. The maximum Gasteiger partial charge on any atom is 0.401 e. The Bertz CT molecular complexity index is 351. The van der Waals surface area contributed by atoms with Gasteiger partial charge in [0, 0.05) is 12.1 Å². The van der Waals surface area contributed by atoms with Gasteiger partial charge in [-0.05, 0) is 6.07 Å². The Morgan fingerprint density at radius 2 is 2.00 bits per heavy atom. The molecule has 6 heteroatoms. The molecule has 1 aromatic rings. The van der Waals surface area contributed by atoms with Crippen molar-refractivity contribution in [3.8, 4) is 5.75 Å². The molecule has 0 spiro atoms. The van der Waals surface area contributed by atoms with Gasteiger partial charge in [-0.3, -0.25) is 0 Å². The van der Waals surface area contributed by atoms with Crippen LogP contribution in [0.2, 0.25) is 0 Å². The van der Waals surface area contributed by atoms with Crippen LogP contribution in [0.25, 0.3) is 0 Å². The lowest BCUT2D eigenvalue weighted by atomic mass is 10.2. The second-order valence-corrected chi connectivity index (χ2v) is 3.15. The molecule has 0 heterocycles. The number of nitrogens with one attached hydrogen (secondary N) is 1. The van der Waals surface area contributed by atoms with Crippen molar-refractivity contribution in [2.24, 2.45) is 0 Å². The molecule has 0 fully saturated rings. The maximum absolute atomic E-state index is 13.4. The van der Waals surface area contributed by atoms with E-state index < -0.39 is 18.5 Å². The summed E-state index contributed by atoms with van der Waals surface area (Å²) < 4.78 is 53.6. The molecule has 0 bridgehead atoms. The number of methoxy groups -OCH3 is 1. The second-order valence-electron chi connectivity index (χ2n) is 3.15. The van der Waals surface area contributed by atoms with Gasteiger partial charge in [0.1, 0.15) is 0 Å². The molecule has 0 saturated carbocycles. The van der Waals surface area contributed by atoms with Gasteiger partial charge in [-0.2, -0.15) is 13.2 Å². The first kappa shape index (κ1) is 12.8. The molecule has 90 valence electrons. The summed E-state index contributed by atoms with van der Waals surface area (Å²) in [5, 5.41) is 2.11. The highest BCUT2D eigenvalue weighted by atomic mass is 19.4. The van der Waals surface area contributed by atoms with Crippen molar-refractivity contribution in [2.45, 2.75) is 12.7 Å². The average Bonchev–Trinajstić information content (AvgIpc) is 2.19. The molecule has 0 aliphatic rings. The standard InChI is InChI=1S/C10H11F4NO/c1-16-8-4-2-3-7(9(8)11)5-15-6-10(12,13)14/h2-4,15H,5-6H2,1H3. The van der Waals surface area contributed by atoms with Crippen LogP contribution in [0.3, 0.4) is 0 Å². The highest BCUT2D eigenvalue weighted by molar-refractivity contribution is 5.30. The van der Waals surface area contributed by atoms with Crippen LogP contribution in [0.5, 0.6) is 5.75 Å². The molecule has 1 rings (SSSR count). The summed E-state index contributed by atoms with van der Waals surface area (Å²) in [6.07, 6.45) is -4.30. The van der Waals surface area contributed by atoms with Gasteiger partial charge in [-0.25, -0.2) is 4.39 Å². The summed E-state index contributed by atoms with van der Waals surface area (Å²) in [5.41, 5.74) is 0.142. The molecule has 1 aromatic carbocycles. The highest BCUT2D eigenvalue weighted by Gasteiger charge is 2.26. The molecular formula is C10H11F4NO. The van der Waals surface area contributed by atoms with Crippen LogP contribution in [-0.2, 0) is 6.54 Å². The molecule has 0 amide bonds. The molecule has 0 radical (unpaired) electrons. The summed E-state index contributed by atoms with van der Waals surface area (Å²) in [4.78, 5) is 0. The van der Waals surface area contributed by atoms with Crippen molar-refractivity contribution in [1.29, 1.82) is 0 Å². The lowest BCUT2D eigenvalue weighted by molar-refractivity contribution is -0.125. The van der Waals surface area contributed by atoms with Crippen molar-refractivity contribution in [1.82, 2.24) is 5.32 Å². The number of hydrogen-bond acceptors (Lipinski definition) is 2. The normalized spacial score (nSPS) is 11.6. The number of rotatable bonds is 4. The van der Waals surface area contributed by atoms with Crippen LogP contribution in [0.15, 0.2) is 18.2 Å². The van der Waals surface area contributed by atoms with Gasteiger partial charge in [0.25, 0.3) is 0 Å². The Kier molecular flexibility index (Phi) is 4.12. The third-order valence-corrected chi connectivity index (χ3v) is 1.90. The Hall–Kier alpha value is -1.30. The third-order valence-electron chi connectivity index (χ3n) is 1.90. The van der Waals surface area contributed by atoms with E-state index in [0.717, 1.165) is 0 Å². The minimum absolute atomic E-state index is 0.0197. The number of hydrogen-bond donors (Lipinski definition) is 1. The van der Waals surface area contributed by atoms with E-state index in [0.29, 0.717) is 0 Å². The van der Waals surface area contributed by atoms with Crippen molar-refractivity contribution in [3.05, 3.63) is 29.6 Å². The first-order chi connectivity index (χ1) is 7.44. The second kappa shape index (κ2) is 5.16. The zero-order valence-electron chi connectivity index (χ0n) is 8.57. The van der Waals surface area contributed by atoms with E-state index in [2.05, 4.69) is 5.32 Å². The van der Waals surface area contributed by atoms with Crippen LogP contribution in [0.1, 0.15) is 5.56 Å². The first-order valence-corrected chi connectivity index (χ1v) is 4.53. The van der Waals surface area contributed by atoms with Crippen molar-refractivity contribution < 1.29 is 22.3 Å². The Morgan fingerprint density at radius 1 is 1.31 bits per heavy atom. The predicted octanol–water partition coefficient (Wildman–Crippen LogP) is 2.49. The minimum Gasteiger partial charge on any atom is -0.494 e. The van der Waals surface area contributed by atoms with Crippen LogP contribution in [-0.4, -0.2) is 19.8 Å². The van der Waals surface area contributed by atoms with Crippen LogP contribution in [0, 0.1) is 5.82 Å². The van der Waals surface area contributed by atoms with E-state index >= 15 is 0 Å². The van der Waals surface area contributed by atoms with E-state index in [1.54, 1.807) is 0 Å². The SMILES string of the molecule is COc1cccc(CNCC(F)(F)F)c1F. The first-order valence-electron chi connectivity index (χ1n) is 4.53. The molecule has 0 saturated heterocycles. The van der Waals surface area contributed by atoms with Gasteiger partial charge in [-0.15, -0.1) is 0 Å². The molecule has 0 aromatic heterocycles. The van der Waals surface area contributed by atoms with E-state index in [9.17, 15) is 17.6 Å². The number of halogens is 4. The number of benzene rings is 1. The molecular weight excluding hydrogens is 226 g/mol. The molecule has 0 aliphatic carbocycles. The number of ether oxygens (including phenoxy) is 1. The fourth-order valence-corrected chi connectivity index (χ4v) is 1.19. The van der Waals surface area contributed by atoms with Gasteiger partial charge in [0.05, 0.1) is 13.7 Å². The highest BCUT2D eigenvalue weighted by Crippen LogP contribution is 2.20. The third kappa shape index (κ3) is 3.69. The van der Waals surface area contributed by atoms with Crippen LogP contribution < -0.4 is 10.1 Å². The van der Waals surface area contributed by atoms with Crippen LogP contribution in [0.4, 0.5) is 17.6 Å². The minimum atomic E-state index is -4.30. The molecule has 0 aliphatic heterocycles. The van der Waals surface area contributed by atoms with Gasteiger partial charge < -0.3 is 10.1 Å². The molecule has 2 nitrogen and oxygen atoms in total. The lowest BCUT2D eigenvalue weighted by Gasteiger charge is -2.10. The molecule has 0 atom stereocenters. The van der Waals surface area contributed by atoms with Crippen LogP contribution >= 0.6 is 0 Å². The smallest absolute Gasteiger partial charge is 0.401 e. The maximum atomic E-state index is 13.4. The fraction of sp³-hybridized carbons (Fsp3) is 0.400.